The van der Waals surface area contributed by atoms with Crippen LogP contribution in [0.15, 0.2) is 29.7 Å². The second-order valence-corrected chi connectivity index (χ2v) is 7.12. The number of hydrogen-bond donors (Lipinski definition) is 2. The lowest BCUT2D eigenvalue weighted by Gasteiger charge is -2.27. The molecule has 0 unspecified atom stereocenters. The van der Waals surface area contributed by atoms with Crippen molar-refractivity contribution >= 4 is 34.5 Å². The van der Waals surface area contributed by atoms with Gasteiger partial charge < -0.3 is 15.2 Å². The van der Waals surface area contributed by atoms with Crippen LogP contribution in [0, 0.1) is 5.92 Å². The Morgan fingerprint density at radius 2 is 2.35 bits per heavy atom. The molecule has 7 heteroatoms. The van der Waals surface area contributed by atoms with Gasteiger partial charge in [0.15, 0.2) is 0 Å². The normalized spacial score (nSPS) is 18.6. The molecule has 0 radical (unpaired) electrons. The van der Waals surface area contributed by atoms with E-state index < -0.39 is 0 Å². The minimum absolute atomic E-state index is 0.0333. The number of hydrogen-bond acceptors (Lipinski definition) is 5. The number of rotatable bonds is 4. The van der Waals surface area contributed by atoms with E-state index >= 15 is 0 Å². The largest absolute Gasteiger partial charge is 0.351 e. The maximum absolute atomic E-state index is 12.4. The van der Waals surface area contributed by atoms with Crippen molar-refractivity contribution in [1.82, 2.24) is 20.3 Å². The Hall–Kier alpha value is -2.02. The molecule has 2 aromatic rings. The number of carbonyl (C=O) groups is 1. The maximum atomic E-state index is 12.4. The molecule has 1 fully saturated rings. The molecule has 0 bridgehead atoms. The minimum Gasteiger partial charge on any atom is -0.351 e. The number of aromatic nitrogens is 3. The Labute approximate surface area is 138 Å². The first-order valence-electron chi connectivity index (χ1n) is 7.99. The van der Waals surface area contributed by atoms with Gasteiger partial charge in [0.1, 0.15) is 17.8 Å². The van der Waals surface area contributed by atoms with E-state index in [0.717, 1.165) is 40.6 Å². The van der Waals surface area contributed by atoms with E-state index in [9.17, 15) is 4.79 Å². The quantitative estimate of drug-likeness (QED) is 0.900. The van der Waals surface area contributed by atoms with E-state index in [4.69, 9.17) is 0 Å². The fraction of sp³-hybridized carbons (Fsp3) is 0.438. The third-order valence-electron chi connectivity index (χ3n) is 4.47. The van der Waals surface area contributed by atoms with Gasteiger partial charge in [0.25, 0.3) is 5.91 Å². The molecule has 120 valence electrons. The third kappa shape index (κ3) is 2.93. The topological polar surface area (TPSA) is 73.9 Å². The summed E-state index contributed by atoms with van der Waals surface area (Å²) < 4.78 is 0. The molecule has 4 rings (SSSR count). The summed E-state index contributed by atoms with van der Waals surface area (Å²) in [6, 6.07) is 1.97. The molecule has 3 heterocycles. The van der Waals surface area contributed by atoms with Crippen LogP contribution in [0.1, 0.15) is 19.3 Å². The van der Waals surface area contributed by atoms with Crippen LogP contribution in [0.3, 0.4) is 0 Å². The number of fused-ring (bicyclic) bond motifs is 1. The van der Waals surface area contributed by atoms with Crippen LogP contribution in [0.25, 0.3) is 11.0 Å². The molecule has 1 aliphatic heterocycles. The zero-order valence-electron chi connectivity index (χ0n) is 12.8. The number of amides is 1. The van der Waals surface area contributed by atoms with Crippen LogP contribution in [0.2, 0.25) is 0 Å². The van der Waals surface area contributed by atoms with Crippen molar-refractivity contribution in [2.45, 2.75) is 19.3 Å². The summed E-state index contributed by atoms with van der Waals surface area (Å²) in [5, 5.41) is 4.04. The number of aromatic amines is 1. The number of nitrogens with one attached hydrogen (secondary N) is 2. The van der Waals surface area contributed by atoms with Crippen molar-refractivity contribution in [3.8, 4) is 0 Å². The lowest BCUT2D eigenvalue weighted by molar-refractivity contribution is -0.117. The Balaban J connectivity index is 1.52. The Morgan fingerprint density at radius 3 is 3.17 bits per heavy atom. The zero-order chi connectivity index (χ0) is 15.6. The first kappa shape index (κ1) is 14.6. The van der Waals surface area contributed by atoms with E-state index in [1.807, 2.05) is 23.4 Å². The minimum atomic E-state index is 0.0333. The summed E-state index contributed by atoms with van der Waals surface area (Å²) in [4.78, 5) is 26.9. The van der Waals surface area contributed by atoms with Crippen molar-refractivity contribution in [3.05, 3.63) is 29.7 Å². The molecule has 2 aromatic heterocycles. The first-order valence-corrected chi connectivity index (χ1v) is 8.97. The lowest BCUT2D eigenvalue weighted by atomic mass is 9.85. The lowest BCUT2D eigenvalue weighted by Crippen LogP contribution is -2.35. The molecule has 0 aromatic carbocycles. The summed E-state index contributed by atoms with van der Waals surface area (Å²) in [6.07, 6.45) is 9.11. The second-order valence-electron chi connectivity index (χ2n) is 5.98. The molecule has 0 atom stereocenters. The number of thioether (sulfide) groups is 1. The summed E-state index contributed by atoms with van der Waals surface area (Å²) in [6.45, 7) is 1.63. The van der Waals surface area contributed by atoms with E-state index in [0.29, 0.717) is 5.92 Å². The molecular weight excluding hydrogens is 310 g/mol. The molecule has 1 aliphatic carbocycles. The Morgan fingerprint density at radius 1 is 1.43 bits per heavy atom. The highest BCUT2D eigenvalue weighted by Crippen LogP contribution is 2.29. The third-order valence-corrected chi connectivity index (χ3v) is 5.46. The van der Waals surface area contributed by atoms with Gasteiger partial charge in [0.2, 0.25) is 0 Å². The molecule has 1 amide bonds. The predicted octanol–water partition coefficient (Wildman–Crippen LogP) is 2.27. The van der Waals surface area contributed by atoms with Gasteiger partial charge in [-0.15, -0.1) is 11.8 Å². The van der Waals surface area contributed by atoms with Crippen molar-refractivity contribution < 1.29 is 4.79 Å². The fourth-order valence-corrected chi connectivity index (χ4v) is 3.81. The monoisotopic (exact) mass is 329 g/mol. The van der Waals surface area contributed by atoms with E-state index in [1.54, 1.807) is 18.1 Å². The van der Waals surface area contributed by atoms with Crippen LogP contribution in [-0.2, 0) is 4.79 Å². The highest BCUT2D eigenvalue weighted by Gasteiger charge is 2.22. The van der Waals surface area contributed by atoms with Gasteiger partial charge in [0, 0.05) is 31.2 Å². The van der Waals surface area contributed by atoms with Crippen LogP contribution in [0.5, 0.6) is 0 Å². The number of carbonyl (C=O) groups excluding carboxylic acids is 1. The van der Waals surface area contributed by atoms with Gasteiger partial charge in [-0.25, -0.2) is 9.97 Å². The molecule has 2 N–H and O–H groups in total. The number of H-pyrrole nitrogens is 1. The van der Waals surface area contributed by atoms with E-state index in [1.165, 1.54) is 19.3 Å². The molecule has 0 saturated heterocycles. The van der Waals surface area contributed by atoms with Crippen molar-refractivity contribution in [1.29, 1.82) is 0 Å². The van der Waals surface area contributed by atoms with Crippen LogP contribution >= 0.6 is 11.8 Å². The number of anilines is 1. The van der Waals surface area contributed by atoms with Crippen LogP contribution in [0.4, 0.5) is 5.82 Å². The smallest absolute Gasteiger partial charge is 0.259 e. The fourth-order valence-electron chi connectivity index (χ4n) is 2.90. The molecule has 6 nitrogen and oxygen atoms in total. The molecule has 1 saturated carbocycles. The van der Waals surface area contributed by atoms with E-state index in [2.05, 4.69) is 20.3 Å². The first-order chi connectivity index (χ1) is 11.3. The predicted molar refractivity (Wildman–Crippen MR) is 92.1 cm³/mol. The molecule has 2 aliphatic rings. The molecule has 23 heavy (non-hydrogen) atoms. The zero-order valence-corrected chi connectivity index (χ0v) is 13.6. The van der Waals surface area contributed by atoms with Crippen LogP contribution < -0.4 is 10.2 Å². The average molecular weight is 329 g/mol. The van der Waals surface area contributed by atoms with Crippen molar-refractivity contribution in [2.24, 2.45) is 5.92 Å². The molecule has 0 spiro atoms. The van der Waals surface area contributed by atoms with Gasteiger partial charge in [-0.3, -0.25) is 4.79 Å². The van der Waals surface area contributed by atoms with Gasteiger partial charge >= 0.3 is 0 Å². The average Bonchev–Trinajstić information content (AvgIpc) is 3.02. The molecular formula is C16H19N5OS. The standard InChI is InChI=1S/C16H19N5OS/c22-16(18-8-11-2-1-3-11)13-9-21(6-7-23-13)15-12-4-5-17-14(12)19-10-20-15/h4-5,9-11H,1-3,6-8H2,(H,18,22)(H,17,19,20). The summed E-state index contributed by atoms with van der Waals surface area (Å²) in [5.41, 5.74) is 0.817. The van der Waals surface area contributed by atoms with E-state index in [-0.39, 0.29) is 5.91 Å². The Kier molecular flexibility index (Phi) is 3.95. The van der Waals surface area contributed by atoms with Crippen molar-refractivity contribution in [2.75, 3.05) is 23.7 Å². The number of nitrogens with zero attached hydrogens (tertiary/aromatic N) is 3. The van der Waals surface area contributed by atoms with Gasteiger partial charge in [0.05, 0.1) is 10.3 Å². The summed E-state index contributed by atoms with van der Waals surface area (Å²) in [5.74, 6) is 2.43. The van der Waals surface area contributed by atoms with Crippen LogP contribution in [-0.4, -0.2) is 39.7 Å². The SMILES string of the molecule is O=C(NCC1CCC1)C1=CN(c2ncnc3[nH]ccc23)CCS1. The van der Waals surface area contributed by atoms with Gasteiger partial charge in [-0.1, -0.05) is 6.42 Å². The van der Waals surface area contributed by atoms with Gasteiger partial charge in [-0.2, -0.15) is 0 Å². The second kappa shape index (κ2) is 6.23. The highest BCUT2D eigenvalue weighted by atomic mass is 32.2. The summed E-state index contributed by atoms with van der Waals surface area (Å²) in [7, 11) is 0. The van der Waals surface area contributed by atoms with Gasteiger partial charge in [-0.05, 0) is 24.8 Å². The maximum Gasteiger partial charge on any atom is 0.259 e. The highest BCUT2D eigenvalue weighted by molar-refractivity contribution is 8.04. The Bertz CT molecular complexity index is 752. The summed E-state index contributed by atoms with van der Waals surface area (Å²) >= 11 is 1.61. The van der Waals surface area contributed by atoms with Crippen molar-refractivity contribution in [3.63, 3.8) is 0 Å².